The molecule has 4 rings (SSSR count). The highest BCUT2D eigenvalue weighted by atomic mass is 16.3. The molecule has 1 saturated carbocycles. The van der Waals surface area contributed by atoms with Crippen molar-refractivity contribution in [3.8, 4) is 5.75 Å². The van der Waals surface area contributed by atoms with Gasteiger partial charge in [0.2, 0.25) is 0 Å². The minimum Gasteiger partial charge on any atom is -0.508 e. The first-order chi connectivity index (χ1) is 12.1. The number of phenols is 1. The molecule has 1 aromatic heterocycles. The summed E-state index contributed by atoms with van der Waals surface area (Å²) in [5, 5.41) is 9.70. The van der Waals surface area contributed by atoms with Crippen molar-refractivity contribution >= 4 is 5.82 Å². The summed E-state index contributed by atoms with van der Waals surface area (Å²) in [7, 11) is 0. The normalized spacial score (nSPS) is 24.2. The van der Waals surface area contributed by atoms with E-state index in [2.05, 4.69) is 27.0 Å². The van der Waals surface area contributed by atoms with Crippen LogP contribution in [0.4, 0.5) is 5.82 Å². The number of piperidine rings is 1. The summed E-state index contributed by atoms with van der Waals surface area (Å²) in [6.45, 7) is 3.95. The van der Waals surface area contributed by atoms with Gasteiger partial charge in [-0.05, 0) is 56.2 Å². The van der Waals surface area contributed by atoms with E-state index < -0.39 is 0 Å². The van der Waals surface area contributed by atoms with Crippen LogP contribution in [0.2, 0.25) is 0 Å². The first-order valence-corrected chi connectivity index (χ1v) is 9.23. The standard InChI is InChI=1S/C20H26N4O/c1-13-22-19(16-9-17(21)10-16)12-20(23-13)24-7-5-14(6-8-24)15-3-2-4-18(25)11-15/h2-4,11-12,14,16-17,25H,5-10,21H2,1H3. The lowest BCUT2D eigenvalue weighted by Gasteiger charge is -2.35. The number of rotatable bonds is 3. The zero-order valence-electron chi connectivity index (χ0n) is 14.7. The van der Waals surface area contributed by atoms with Gasteiger partial charge in [0.1, 0.15) is 17.4 Å². The van der Waals surface area contributed by atoms with Crippen molar-refractivity contribution in [2.45, 2.75) is 50.5 Å². The van der Waals surface area contributed by atoms with Gasteiger partial charge >= 0.3 is 0 Å². The number of nitrogens with two attached hydrogens (primary N) is 1. The lowest BCUT2D eigenvalue weighted by molar-refractivity contribution is 0.344. The van der Waals surface area contributed by atoms with Crippen LogP contribution in [-0.2, 0) is 0 Å². The number of phenolic OH excluding ortho intramolecular Hbond substituents is 1. The van der Waals surface area contributed by atoms with Crippen molar-refractivity contribution in [3.63, 3.8) is 0 Å². The average Bonchev–Trinajstić information content (AvgIpc) is 2.58. The van der Waals surface area contributed by atoms with Crippen molar-refractivity contribution < 1.29 is 5.11 Å². The number of benzene rings is 1. The second kappa shape index (κ2) is 6.64. The fourth-order valence-electron chi connectivity index (χ4n) is 4.07. The van der Waals surface area contributed by atoms with E-state index in [9.17, 15) is 5.11 Å². The van der Waals surface area contributed by atoms with Crippen LogP contribution in [0.5, 0.6) is 5.75 Å². The smallest absolute Gasteiger partial charge is 0.132 e. The van der Waals surface area contributed by atoms with Crippen molar-refractivity contribution in [1.29, 1.82) is 0 Å². The Morgan fingerprint density at radius 3 is 2.52 bits per heavy atom. The molecule has 0 spiro atoms. The Kier molecular flexibility index (Phi) is 4.34. The van der Waals surface area contributed by atoms with E-state index in [4.69, 9.17) is 5.73 Å². The van der Waals surface area contributed by atoms with E-state index in [1.54, 1.807) is 6.07 Å². The molecular formula is C20H26N4O. The van der Waals surface area contributed by atoms with E-state index in [0.29, 0.717) is 23.6 Å². The lowest BCUT2D eigenvalue weighted by atomic mass is 9.78. The highest BCUT2D eigenvalue weighted by Gasteiger charge is 2.30. The van der Waals surface area contributed by atoms with Gasteiger partial charge in [-0.25, -0.2) is 9.97 Å². The number of aromatic hydroxyl groups is 1. The van der Waals surface area contributed by atoms with Crippen LogP contribution >= 0.6 is 0 Å². The molecule has 2 heterocycles. The second-order valence-electron chi connectivity index (χ2n) is 7.48. The summed E-state index contributed by atoms with van der Waals surface area (Å²) in [5.74, 6) is 3.27. The number of aryl methyl sites for hydroxylation is 1. The Labute approximate surface area is 148 Å². The van der Waals surface area contributed by atoms with Gasteiger partial charge in [-0.3, -0.25) is 0 Å². The lowest BCUT2D eigenvalue weighted by Crippen LogP contribution is -2.36. The summed E-state index contributed by atoms with van der Waals surface area (Å²) in [4.78, 5) is 11.7. The third-order valence-corrected chi connectivity index (χ3v) is 5.60. The van der Waals surface area contributed by atoms with Gasteiger partial charge in [0.05, 0.1) is 0 Å². The van der Waals surface area contributed by atoms with Crippen molar-refractivity contribution in [3.05, 3.63) is 47.4 Å². The van der Waals surface area contributed by atoms with E-state index in [1.165, 1.54) is 5.56 Å². The molecule has 0 amide bonds. The van der Waals surface area contributed by atoms with Crippen LogP contribution in [0, 0.1) is 6.92 Å². The van der Waals surface area contributed by atoms with Crippen LogP contribution in [0.25, 0.3) is 0 Å². The molecule has 2 aliphatic rings. The van der Waals surface area contributed by atoms with Gasteiger partial charge in [0.15, 0.2) is 0 Å². The molecular weight excluding hydrogens is 312 g/mol. The molecule has 0 atom stereocenters. The van der Waals surface area contributed by atoms with E-state index in [-0.39, 0.29) is 0 Å². The first-order valence-electron chi connectivity index (χ1n) is 9.23. The highest BCUT2D eigenvalue weighted by Crippen LogP contribution is 2.36. The average molecular weight is 338 g/mol. The van der Waals surface area contributed by atoms with Crippen molar-refractivity contribution in [2.75, 3.05) is 18.0 Å². The Morgan fingerprint density at radius 1 is 1.08 bits per heavy atom. The fraction of sp³-hybridized carbons (Fsp3) is 0.500. The predicted molar refractivity (Wildman–Crippen MR) is 99.0 cm³/mol. The molecule has 0 unspecified atom stereocenters. The van der Waals surface area contributed by atoms with Gasteiger partial charge in [0, 0.05) is 36.8 Å². The van der Waals surface area contributed by atoms with Gasteiger partial charge in [-0.15, -0.1) is 0 Å². The van der Waals surface area contributed by atoms with E-state index in [1.807, 2.05) is 19.1 Å². The molecule has 2 aromatic rings. The van der Waals surface area contributed by atoms with Crippen LogP contribution in [0.15, 0.2) is 30.3 Å². The Hall–Kier alpha value is -2.14. The minimum atomic E-state index is 0.335. The summed E-state index contributed by atoms with van der Waals surface area (Å²) in [6.07, 6.45) is 4.23. The first kappa shape index (κ1) is 16.3. The monoisotopic (exact) mass is 338 g/mol. The minimum absolute atomic E-state index is 0.335. The van der Waals surface area contributed by atoms with Crippen molar-refractivity contribution in [1.82, 2.24) is 9.97 Å². The maximum atomic E-state index is 9.70. The molecule has 1 saturated heterocycles. The van der Waals surface area contributed by atoms with Crippen molar-refractivity contribution in [2.24, 2.45) is 5.73 Å². The summed E-state index contributed by atoms with van der Waals surface area (Å²) in [5.41, 5.74) is 8.33. The number of hydrogen-bond acceptors (Lipinski definition) is 5. The number of anilines is 1. The Bertz CT molecular complexity index is 749. The van der Waals surface area contributed by atoms with Crippen LogP contribution < -0.4 is 10.6 Å². The Morgan fingerprint density at radius 2 is 1.84 bits per heavy atom. The zero-order valence-corrected chi connectivity index (χ0v) is 14.7. The van der Waals surface area contributed by atoms with Gasteiger partial charge < -0.3 is 15.7 Å². The SMILES string of the molecule is Cc1nc(C2CC(N)C2)cc(N2CCC(c3cccc(O)c3)CC2)n1. The summed E-state index contributed by atoms with van der Waals surface area (Å²) in [6, 6.07) is 10.2. The molecule has 0 bridgehead atoms. The second-order valence-corrected chi connectivity index (χ2v) is 7.48. The van der Waals surface area contributed by atoms with Gasteiger partial charge in [-0.2, -0.15) is 0 Å². The maximum Gasteiger partial charge on any atom is 0.132 e. The molecule has 25 heavy (non-hydrogen) atoms. The number of hydrogen-bond donors (Lipinski definition) is 2. The largest absolute Gasteiger partial charge is 0.508 e. The molecule has 132 valence electrons. The molecule has 5 nitrogen and oxygen atoms in total. The van der Waals surface area contributed by atoms with E-state index >= 15 is 0 Å². The number of aromatic nitrogens is 2. The third kappa shape index (κ3) is 3.47. The zero-order chi connectivity index (χ0) is 17.4. The molecule has 1 aromatic carbocycles. The topological polar surface area (TPSA) is 75.3 Å². The highest BCUT2D eigenvalue weighted by molar-refractivity contribution is 5.42. The predicted octanol–water partition coefficient (Wildman–Crippen LogP) is 3.08. The van der Waals surface area contributed by atoms with Gasteiger partial charge in [-0.1, -0.05) is 12.1 Å². The van der Waals surface area contributed by atoms with Crippen LogP contribution in [-0.4, -0.2) is 34.2 Å². The van der Waals surface area contributed by atoms with Crippen LogP contribution in [0.1, 0.15) is 54.6 Å². The molecule has 1 aliphatic carbocycles. The summed E-state index contributed by atoms with van der Waals surface area (Å²) >= 11 is 0. The maximum absolute atomic E-state index is 9.70. The molecule has 3 N–H and O–H groups in total. The molecule has 0 radical (unpaired) electrons. The van der Waals surface area contributed by atoms with Gasteiger partial charge in [0.25, 0.3) is 0 Å². The Balaban J connectivity index is 1.45. The fourth-order valence-corrected chi connectivity index (χ4v) is 4.07. The number of nitrogens with zero attached hydrogens (tertiary/aromatic N) is 3. The molecule has 1 aliphatic heterocycles. The quantitative estimate of drug-likeness (QED) is 0.899. The molecule has 5 heteroatoms. The van der Waals surface area contributed by atoms with Crippen LogP contribution in [0.3, 0.4) is 0 Å². The molecule has 2 fully saturated rings. The van der Waals surface area contributed by atoms with E-state index in [0.717, 1.165) is 56.1 Å². The third-order valence-electron chi connectivity index (χ3n) is 5.60. The summed E-state index contributed by atoms with van der Waals surface area (Å²) < 4.78 is 0.